The summed E-state index contributed by atoms with van der Waals surface area (Å²) in [6, 6.07) is -0.238. The van der Waals surface area contributed by atoms with Gasteiger partial charge in [0.1, 0.15) is 10.7 Å². The van der Waals surface area contributed by atoms with Crippen LogP contribution in [0.15, 0.2) is 5.38 Å². The second kappa shape index (κ2) is 6.85. The Morgan fingerprint density at radius 3 is 2.74 bits per heavy atom. The van der Waals surface area contributed by atoms with Gasteiger partial charge in [0.15, 0.2) is 0 Å². The molecule has 0 fully saturated rings. The highest BCUT2D eigenvalue weighted by Crippen LogP contribution is 2.21. The van der Waals surface area contributed by atoms with E-state index >= 15 is 0 Å². The fourth-order valence-electron chi connectivity index (χ4n) is 1.34. The van der Waals surface area contributed by atoms with Crippen molar-refractivity contribution < 1.29 is 18.0 Å². The standard InChI is InChI=1S/C11H16F3N3OS/c1-7(15)10-17-8(6-19-10)9(18)16-5-3-2-4-11(12,13)14/h6-7H,2-5,15H2,1H3,(H,16,18). The van der Waals surface area contributed by atoms with Crippen LogP contribution in [0.5, 0.6) is 0 Å². The number of amides is 1. The second-order valence-electron chi connectivity index (χ2n) is 4.19. The van der Waals surface area contributed by atoms with Crippen LogP contribution in [0.3, 0.4) is 0 Å². The fourth-order valence-corrected chi connectivity index (χ4v) is 2.10. The summed E-state index contributed by atoms with van der Waals surface area (Å²) in [5.41, 5.74) is 5.87. The van der Waals surface area contributed by atoms with E-state index in [4.69, 9.17) is 5.73 Å². The van der Waals surface area contributed by atoms with Crippen molar-refractivity contribution in [3.63, 3.8) is 0 Å². The third-order valence-electron chi connectivity index (χ3n) is 2.32. The van der Waals surface area contributed by atoms with Crippen molar-refractivity contribution in [3.8, 4) is 0 Å². The van der Waals surface area contributed by atoms with Gasteiger partial charge in [-0.3, -0.25) is 4.79 Å². The molecule has 0 aliphatic carbocycles. The van der Waals surface area contributed by atoms with E-state index in [1.54, 1.807) is 12.3 Å². The molecular formula is C11H16F3N3OS. The highest BCUT2D eigenvalue weighted by molar-refractivity contribution is 7.09. The summed E-state index contributed by atoms with van der Waals surface area (Å²) in [7, 11) is 0. The van der Waals surface area contributed by atoms with Crippen molar-refractivity contribution in [3.05, 3.63) is 16.1 Å². The Bertz CT molecular complexity index is 418. The first-order chi connectivity index (χ1) is 8.79. The van der Waals surface area contributed by atoms with E-state index in [-0.39, 0.29) is 37.0 Å². The monoisotopic (exact) mass is 295 g/mol. The largest absolute Gasteiger partial charge is 0.389 e. The van der Waals surface area contributed by atoms with Gasteiger partial charge in [-0.25, -0.2) is 4.98 Å². The summed E-state index contributed by atoms with van der Waals surface area (Å²) < 4.78 is 35.6. The second-order valence-corrected chi connectivity index (χ2v) is 5.08. The summed E-state index contributed by atoms with van der Waals surface area (Å²) >= 11 is 1.29. The predicted molar refractivity (Wildman–Crippen MR) is 67.0 cm³/mol. The molecule has 1 amide bonds. The molecule has 0 saturated carbocycles. The maximum atomic E-state index is 11.9. The molecule has 19 heavy (non-hydrogen) atoms. The van der Waals surface area contributed by atoms with Gasteiger partial charge in [-0.1, -0.05) is 0 Å². The minimum absolute atomic E-state index is 0.00588. The number of thiazole rings is 1. The molecule has 1 rings (SSSR count). The van der Waals surface area contributed by atoms with Crippen molar-refractivity contribution >= 4 is 17.2 Å². The molecule has 0 aliphatic heterocycles. The van der Waals surface area contributed by atoms with Gasteiger partial charge in [-0.2, -0.15) is 13.2 Å². The van der Waals surface area contributed by atoms with Crippen molar-refractivity contribution in [1.82, 2.24) is 10.3 Å². The van der Waals surface area contributed by atoms with Gasteiger partial charge in [0, 0.05) is 18.3 Å². The Kier molecular flexibility index (Phi) is 5.74. The molecule has 0 saturated heterocycles. The first-order valence-electron chi connectivity index (χ1n) is 5.85. The number of hydrogen-bond donors (Lipinski definition) is 2. The summed E-state index contributed by atoms with van der Waals surface area (Å²) in [4.78, 5) is 15.7. The highest BCUT2D eigenvalue weighted by Gasteiger charge is 2.25. The minimum Gasteiger partial charge on any atom is -0.351 e. The van der Waals surface area contributed by atoms with E-state index < -0.39 is 12.6 Å². The van der Waals surface area contributed by atoms with Crippen LogP contribution in [0.2, 0.25) is 0 Å². The number of alkyl halides is 3. The molecule has 1 aromatic heterocycles. The molecule has 1 aromatic rings. The molecule has 0 bridgehead atoms. The van der Waals surface area contributed by atoms with E-state index in [9.17, 15) is 18.0 Å². The predicted octanol–water partition coefficient (Wildman–Crippen LogP) is 2.63. The fraction of sp³-hybridized carbons (Fsp3) is 0.636. The van der Waals surface area contributed by atoms with Crippen molar-refractivity contribution in [2.75, 3.05) is 6.54 Å². The van der Waals surface area contributed by atoms with Crippen LogP contribution >= 0.6 is 11.3 Å². The number of nitrogens with zero attached hydrogens (tertiary/aromatic N) is 1. The van der Waals surface area contributed by atoms with E-state index in [1.807, 2.05) is 0 Å². The topological polar surface area (TPSA) is 68.0 Å². The number of unbranched alkanes of at least 4 members (excludes halogenated alkanes) is 1. The molecule has 4 nitrogen and oxygen atoms in total. The number of nitrogens with one attached hydrogen (secondary N) is 1. The number of carbonyl (C=O) groups excluding carboxylic acids is 1. The van der Waals surface area contributed by atoms with Gasteiger partial charge < -0.3 is 11.1 Å². The SMILES string of the molecule is CC(N)c1nc(C(=O)NCCCCC(F)(F)F)cs1. The van der Waals surface area contributed by atoms with Crippen LogP contribution in [0.1, 0.15) is 47.7 Å². The minimum atomic E-state index is -4.13. The van der Waals surface area contributed by atoms with E-state index in [2.05, 4.69) is 10.3 Å². The van der Waals surface area contributed by atoms with Crippen LogP contribution < -0.4 is 11.1 Å². The summed E-state index contributed by atoms with van der Waals surface area (Å²) in [6.07, 6.45) is -4.67. The van der Waals surface area contributed by atoms with E-state index in [0.29, 0.717) is 5.01 Å². The first kappa shape index (κ1) is 15.9. The van der Waals surface area contributed by atoms with Crippen LogP contribution in [-0.4, -0.2) is 23.6 Å². The molecule has 3 N–H and O–H groups in total. The Morgan fingerprint density at radius 2 is 2.21 bits per heavy atom. The van der Waals surface area contributed by atoms with Crippen molar-refractivity contribution in [2.24, 2.45) is 5.73 Å². The molecule has 0 aliphatic rings. The Labute approximate surface area is 113 Å². The Balaban J connectivity index is 2.27. The molecule has 0 spiro atoms. The maximum absolute atomic E-state index is 11.9. The van der Waals surface area contributed by atoms with E-state index in [1.165, 1.54) is 11.3 Å². The smallest absolute Gasteiger partial charge is 0.351 e. The van der Waals surface area contributed by atoms with Crippen molar-refractivity contribution in [1.29, 1.82) is 0 Å². The summed E-state index contributed by atoms with van der Waals surface area (Å²) in [6.45, 7) is 1.97. The number of halogens is 3. The number of rotatable bonds is 6. The normalized spacial score (nSPS) is 13.3. The van der Waals surface area contributed by atoms with Crippen LogP contribution in [-0.2, 0) is 0 Å². The molecule has 1 heterocycles. The van der Waals surface area contributed by atoms with Crippen LogP contribution in [0.4, 0.5) is 13.2 Å². The van der Waals surface area contributed by atoms with Gasteiger partial charge in [0.25, 0.3) is 5.91 Å². The first-order valence-corrected chi connectivity index (χ1v) is 6.73. The third-order valence-corrected chi connectivity index (χ3v) is 3.36. The Morgan fingerprint density at radius 1 is 1.53 bits per heavy atom. The molecule has 0 aromatic carbocycles. The summed E-state index contributed by atoms with van der Waals surface area (Å²) in [5.74, 6) is -0.379. The van der Waals surface area contributed by atoms with Gasteiger partial charge >= 0.3 is 6.18 Å². The molecule has 8 heteroatoms. The van der Waals surface area contributed by atoms with Gasteiger partial charge in [0.2, 0.25) is 0 Å². The molecule has 1 unspecified atom stereocenters. The number of carbonyl (C=O) groups is 1. The van der Waals surface area contributed by atoms with Crippen molar-refractivity contribution in [2.45, 2.75) is 38.4 Å². The average molecular weight is 295 g/mol. The third kappa shape index (κ3) is 6.02. The quantitative estimate of drug-likeness (QED) is 0.793. The van der Waals surface area contributed by atoms with Crippen LogP contribution in [0, 0.1) is 0 Å². The zero-order chi connectivity index (χ0) is 14.5. The van der Waals surface area contributed by atoms with Crippen LogP contribution in [0.25, 0.3) is 0 Å². The Hall–Kier alpha value is -1.15. The highest BCUT2D eigenvalue weighted by atomic mass is 32.1. The van der Waals surface area contributed by atoms with Gasteiger partial charge in [-0.05, 0) is 19.8 Å². The lowest BCUT2D eigenvalue weighted by molar-refractivity contribution is -0.135. The molecule has 1 atom stereocenters. The lowest BCUT2D eigenvalue weighted by atomic mass is 10.2. The lowest BCUT2D eigenvalue weighted by Gasteiger charge is -2.06. The number of nitrogens with two attached hydrogens (primary N) is 1. The molecule has 0 radical (unpaired) electrons. The zero-order valence-corrected chi connectivity index (χ0v) is 11.3. The molecule has 108 valence electrons. The van der Waals surface area contributed by atoms with Gasteiger partial charge in [-0.15, -0.1) is 11.3 Å². The number of hydrogen-bond acceptors (Lipinski definition) is 4. The van der Waals surface area contributed by atoms with Gasteiger partial charge in [0.05, 0.1) is 6.04 Å². The lowest BCUT2D eigenvalue weighted by Crippen LogP contribution is -2.25. The maximum Gasteiger partial charge on any atom is 0.389 e. The van der Waals surface area contributed by atoms with E-state index in [0.717, 1.165) is 0 Å². The molecular weight excluding hydrogens is 279 g/mol. The average Bonchev–Trinajstić information content (AvgIpc) is 2.76. The summed E-state index contributed by atoms with van der Waals surface area (Å²) in [5, 5.41) is 4.78. The zero-order valence-electron chi connectivity index (χ0n) is 10.5. The number of aromatic nitrogens is 1.